The molecule has 0 saturated carbocycles. The standard InChI is InChI=1S/C11H22O3/c1-6-14-11(13)9(7(2)3)10(12)8(4)5/h7-10,12H,6H2,1-5H3. The van der Waals surface area contributed by atoms with E-state index < -0.39 is 12.0 Å². The summed E-state index contributed by atoms with van der Waals surface area (Å²) in [6.45, 7) is 9.79. The van der Waals surface area contributed by atoms with Gasteiger partial charge in [0.05, 0.1) is 18.6 Å². The zero-order chi connectivity index (χ0) is 11.3. The summed E-state index contributed by atoms with van der Waals surface area (Å²) in [6, 6.07) is 0. The second-order valence-corrected chi connectivity index (χ2v) is 4.26. The SMILES string of the molecule is CCOC(=O)C(C(C)C)C(O)C(C)C. The summed E-state index contributed by atoms with van der Waals surface area (Å²) in [7, 11) is 0. The van der Waals surface area contributed by atoms with Crippen molar-refractivity contribution in [1.29, 1.82) is 0 Å². The van der Waals surface area contributed by atoms with Gasteiger partial charge in [-0.05, 0) is 18.8 Å². The molecule has 3 nitrogen and oxygen atoms in total. The van der Waals surface area contributed by atoms with E-state index in [2.05, 4.69) is 0 Å². The van der Waals surface area contributed by atoms with Crippen LogP contribution in [0.3, 0.4) is 0 Å². The lowest BCUT2D eigenvalue weighted by molar-refractivity contribution is -0.155. The predicted octanol–water partition coefficient (Wildman–Crippen LogP) is 1.84. The fourth-order valence-electron chi connectivity index (χ4n) is 1.46. The van der Waals surface area contributed by atoms with Crippen molar-refractivity contribution in [1.82, 2.24) is 0 Å². The van der Waals surface area contributed by atoms with Gasteiger partial charge in [0.15, 0.2) is 0 Å². The second kappa shape index (κ2) is 6.02. The van der Waals surface area contributed by atoms with Crippen molar-refractivity contribution in [3.8, 4) is 0 Å². The molecule has 0 aromatic carbocycles. The van der Waals surface area contributed by atoms with Gasteiger partial charge < -0.3 is 9.84 Å². The van der Waals surface area contributed by atoms with Gasteiger partial charge in [-0.2, -0.15) is 0 Å². The van der Waals surface area contributed by atoms with Gasteiger partial charge in [-0.1, -0.05) is 27.7 Å². The maximum absolute atomic E-state index is 11.5. The maximum Gasteiger partial charge on any atom is 0.311 e. The summed E-state index contributed by atoms with van der Waals surface area (Å²) in [5.74, 6) is -0.517. The van der Waals surface area contributed by atoms with Gasteiger partial charge in [-0.3, -0.25) is 4.79 Å². The van der Waals surface area contributed by atoms with Crippen LogP contribution in [-0.4, -0.2) is 23.8 Å². The monoisotopic (exact) mass is 202 g/mol. The summed E-state index contributed by atoms with van der Waals surface area (Å²) in [4.78, 5) is 11.5. The van der Waals surface area contributed by atoms with Gasteiger partial charge in [-0.25, -0.2) is 0 Å². The lowest BCUT2D eigenvalue weighted by atomic mass is 9.85. The molecule has 14 heavy (non-hydrogen) atoms. The number of aliphatic hydroxyl groups is 1. The van der Waals surface area contributed by atoms with Gasteiger partial charge in [0.1, 0.15) is 0 Å². The van der Waals surface area contributed by atoms with Gasteiger partial charge >= 0.3 is 5.97 Å². The predicted molar refractivity (Wildman–Crippen MR) is 55.8 cm³/mol. The molecule has 0 aliphatic carbocycles. The molecule has 0 fully saturated rings. The van der Waals surface area contributed by atoms with Crippen molar-refractivity contribution in [2.24, 2.45) is 17.8 Å². The molecule has 84 valence electrons. The molecule has 3 heteroatoms. The van der Waals surface area contributed by atoms with Crippen LogP contribution >= 0.6 is 0 Å². The minimum atomic E-state index is -0.617. The topological polar surface area (TPSA) is 46.5 Å². The van der Waals surface area contributed by atoms with Crippen LogP contribution in [0.25, 0.3) is 0 Å². The first-order chi connectivity index (χ1) is 6.41. The van der Waals surface area contributed by atoms with E-state index in [-0.39, 0.29) is 17.8 Å². The van der Waals surface area contributed by atoms with E-state index in [1.54, 1.807) is 6.92 Å². The van der Waals surface area contributed by atoms with E-state index in [1.165, 1.54) is 0 Å². The number of carbonyl (C=O) groups is 1. The first-order valence-electron chi connectivity index (χ1n) is 5.26. The Morgan fingerprint density at radius 2 is 1.71 bits per heavy atom. The number of aliphatic hydroxyl groups excluding tert-OH is 1. The molecular weight excluding hydrogens is 180 g/mol. The number of esters is 1. The Kier molecular flexibility index (Phi) is 5.77. The molecule has 0 spiro atoms. The molecule has 1 N–H and O–H groups in total. The smallest absolute Gasteiger partial charge is 0.311 e. The fourth-order valence-corrected chi connectivity index (χ4v) is 1.46. The van der Waals surface area contributed by atoms with Crippen LogP contribution < -0.4 is 0 Å². The Bertz CT molecular complexity index is 175. The van der Waals surface area contributed by atoms with Crippen LogP contribution in [0.4, 0.5) is 0 Å². The Morgan fingerprint density at radius 1 is 1.21 bits per heavy atom. The van der Waals surface area contributed by atoms with Gasteiger partial charge in [0.2, 0.25) is 0 Å². The average molecular weight is 202 g/mol. The van der Waals surface area contributed by atoms with E-state index in [0.29, 0.717) is 6.61 Å². The molecule has 0 aliphatic rings. The molecule has 0 rings (SSSR count). The van der Waals surface area contributed by atoms with E-state index >= 15 is 0 Å². The average Bonchev–Trinajstić information content (AvgIpc) is 2.03. The van der Waals surface area contributed by atoms with Gasteiger partial charge in [-0.15, -0.1) is 0 Å². The number of ether oxygens (including phenoxy) is 1. The van der Waals surface area contributed by atoms with E-state index in [9.17, 15) is 9.90 Å². The van der Waals surface area contributed by atoms with Crippen LogP contribution in [0, 0.1) is 17.8 Å². The van der Waals surface area contributed by atoms with Crippen molar-refractivity contribution in [3.05, 3.63) is 0 Å². The van der Waals surface area contributed by atoms with E-state index in [0.717, 1.165) is 0 Å². The summed E-state index contributed by atoms with van der Waals surface area (Å²) in [5, 5.41) is 9.85. The molecule has 0 aromatic heterocycles. The van der Waals surface area contributed by atoms with Crippen molar-refractivity contribution >= 4 is 5.97 Å². The first kappa shape index (κ1) is 13.4. The summed E-state index contributed by atoms with van der Waals surface area (Å²) in [5.41, 5.74) is 0. The third kappa shape index (κ3) is 3.66. The number of rotatable bonds is 5. The largest absolute Gasteiger partial charge is 0.466 e. The third-order valence-electron chi connectivity index (χ3n) is 2.33. The van der Waals surface area contributed by atoms with Gasteiger partial charge in [0, 0.05) is 0 Å². The Hall–Kier alpha value is -0.570. The molecule has 2 atom stereocenters. The quantitative estimate of drug-likeness (QED) is 0.692. The molecule has 2 unspecified atom stereocenters. The summed E-state index contributed by atoms with van der Waals surface area (Å²) >= 11 is 0. The van der Waals surface area contributed by atoms with E-state index in [1.807, 2.05) is 27.7 Å². The second-order valence-electron chi connectivity index (χ2n) is 4.26. The van der Waals surface area contributed by atoms with Crippen molar-refractivity contribution in [2.45, 2.75) is 40.7 Å². The highest BCUT2D eigenvalue weighted by atomic mass is 16.5. The summed E-state index contributed by atoms with van der Waals surface area (Å²) < 4.78 is 4.94. The van der Waals surface area contributed by atoms with Crippen LogP contribution in [0.2, 0.25) is 0 Å². The maximum atomic E-state index is 11.5. The molecule has 0 aliphatic heterocycles. The fraction of sp³-hybridized carbons (Fsp3) is 0.909. The molecule has 0 heterocycles. The van der Waals surface area contributed by atoms with Crippen molar-refractivity contribution in [2.75, 3.05) is 6.61 Å². The molecule has 0 amide bonds. The molecule has 0 aromatic rings. The normalized spacial score (nSPS) is 15.7. The Labute approximate surface area is 86.5 Å². The van der Waals surface area contributed by atoms with E-state index in [4.69, 9.17) is 4.74 Å². The highest BCUT2D eigenvalue weighted by Gasteiger charge is 2.32. The first-order valence-corrected chi connectivity index (χ1v) is 5.26. The third-order valence-corrected chi connectivity index (χ3v) is 2.33. The van der Waals surface area contributed by atoms with Crippen molar-refractivity contribution in [3.63, 3.8) is 0 Å². The van der Waals surface area contributed by atoms with Crippen LogP contribution in [-0.2, 0) is 9.53 Å². The number of hydrogen-bond acceptors (Lipinski definition) is 3. The van der Waals surface area contributed by atoms with Crippen LogP contribution in [0.15, 0.2) is 0 Å². The molecule has 0 bridgehead atoms. The van der Waals surface area contributed by atoms with Gasteiger partial charge in [0.25, 0.3) is 0 Å². The zero-order valence-electron chi connectivity index (χ0n) is 9.78. The Balaban J connectivity index is 4.51. The molecular formula is C11H22O3. The molecule has 0 radical (unpaired) electrons. The zero-order valence-corrected chi connectivity index (χ0v) is 9.78. The summed E-state index contributed by atoms with van der Waals surface area (Å²) in [6.07, 6.45) is -0.617. The minimum Gasteiger partial charge on any atom is -0.466 e. The lowest BCUT2D eigenvalue weighted by Gasteiger charge is -2.26. The lowest BCUT2D eigenvalue weighted by Crippen LogP contribution is -2.37. The highest BCUT2D eigenvalue weighted by Crippen LogP contribution is 2.22. The van der Waals surface area contributed by atoms with Crippen molar-refractivity contribution < 1.29 is 14.6 Å². The van der Waals surface area contributed by atoms with Crippen LogP contribution in [0.1, 0.15) is 34.6 Å². The van der Waals surface area contributed by atoms with Crippen LogP contribution in [0.5, 0.6) is 0 Å². The minimum absolute atomic E-state index is 0.0757. The Morgan fingerprint density at radius 3 is 2.00 bits per heavy atom. The number of hydrogen-bond donors (Lipinski definition) is 1. The number of carbonyl (C=O) groups excluding carboxylic acids is 1. The highest BCUT2D eigenvalue weighted by molar-refractivity contribution is 5.73. The molecule has 0 saturated heterocycles.